The van der Waals surface area contributed by atoms with Gasteiger partial charge in [0.1, 0.15) is 5.84 Å². The number of carboxylic acids is 1. The van der Waals surface area contributed by atoms with Crippen molar-refractivity contribution in [2.24, 2.45) is 4.99 Å². The fraction of sp³-hybridized carbons (Fsp3) is 0.400. The van der Waals surface area contributed by atoms with E-state index in [1.165, 1.54) is 0 Å². The topological polar surface area (TPSA) is 52.9 Å². The van der Waals surface area contributed by atoms with Gasteiger partial charge in [-0.3, -0.25) is 9.79 Å². The number of amidine groups is 1. The molecule has 4 nitrogen and oxygen atoms in total. The molecule has 0 aromatic rings. The van der Waals surface area contributed by atoms with E-state index in [1.54, 1.807) is 0 Å². The van der Waals surface area contributed by atoms with Crippen molar-refractivity contribution in [3.05, 3.63) is 23.8 Å². The summed E-state index contributed by atoms with van der Waals surface area (Å²) >= 11 is 0. The van der Waals surface area contributed by atoms with Crippen LogP contribution in [0.15, 0.2) is 28.8 Å². The molecule has 0 aromatic heterocycles. The maximum Gasteiger partial charge on any atom is 0.307 e. The third-order valence-electron chi connectivity index (χ3n) is 2.32. The Hall–Kier alpha value is -1.58. The van der Waals surface area contributed by atoms with E-state index in [4.69, 9.17) is 5.11 Å². The van der Waals surface area contributed by atoms with E-state index < -0.39 is 5.97 Å². The molecule has 0 fully saturated rings. The van der Waals surface area contributed by atoms with Gasteiger partial charge in [-0.25, -0.2) is 0 Å². The van der Waals surface area contributed by atoms with Gasteiger partial charge in [-0.2, -0.15) is 0 Å². The highest BCUT2D eigenvalue weighted by molar-refractivity contribution is 5.95. The van der Waals surface area contributed by atoms with E-state index >= 15 is 0 Å². The van der Waals surface area contributed by atoms with Crippen molar-refractivity contribution < 1.29 is 9.90 Å². The molecule has 0 saturated heterocycles. The standard InChI is InChI=1S/C10H12N2O2/c13-10(14)6-8-2-1-3-9-11-4-5-12(9)7-8/h1-3H,4-7H2,(H,13,14). The summed E-state index contributed by atoms with van der Waals surface area (Å²) in [7, 11) is 0. The van der Waals surface area contributed by atoms with E-state index in [0.717, 1.165) is 24.5 Å². The Bertz CT molecular complexity index is 342. The third kappa shape index (κ3) is 1.84. The van der Waals surface area contributed by atoms with E-state index in [1.807, 2.05) is 18.2 Å². The molecular weight excluding hydrogens is 180 g/mol. The zero-order chi connectivity index (χ0) is 9.97. The average Bonchev–Trinajstić information content (AvgIpc) is 2.44. The molecule has 0 aliphatic carbocycles. The lowest BCUT2D eigenvalue weighted by molar-refractivity contribution is -0.136. The van der Waals surface area contributed by atoms with Crippen LogP contribution in [0.2, 0.25) is 0 Å². The number of fused-ring (bicyclic) bond motifs is 1. The van der Waals surface area contributed by atoms with E-state index in [2.05, 4.69) is 9.89 Å². The van der Waals surface area contributed by atoms with Crippen LogP contribution < -0.4 is 0 Å². The van der Waals surface area contributed by atoms with Gasteiger partial charge in [0.15, 0.2) is 0 Å². The Balaban J connectivity index is 2.09. The molecule has 2 rings (SSSR count). The fourth-order valence-corrected chi connectivity index (χ4v) is 1.70. The number of carboxylic acid groups (broad SMARTS) is 1. The van der Waals surface area contributed by atoms with Crippen LogP contribution in [0.5, 0.6) is 0 Å². The summed E-state index contributed by atoms with van der Waals surface area (Å²) in [5.41, 5.74) is 0.931. The molecule has 0 bridgehead atoms. The average molecular weight is 192 g/mol. The van der Waals surface area contributed by atoms with Gasteiger partial charge in [0.25, 0.3) is 0 Å². The van der Waals surface area contributed by atoms with Crippen LogP contribution in [-0.4, -0.2) is 41.4 Å². The van der Waals surface area contributed by atoms with Crippen LogP contribution in [0.25, 0.3) is 0 Å². The quantitative estimate of drug-likeness (QED) is 0.699. The van der Waals surface area contributed by atoms with Crippen molar-refractivity contribution in [1.29, 1.82) is 0 Å². The minimum Gasteiger partial charge on any atom is -0.481 e. The lowest BCUT2D eigenvalue weighted by Crippen LogP contribution is -2.28. The first-order chi connectivity index (χ1) is 6.75. The Morgan fingerprint density at radius 3 is 3.29 bits per heavy atom. The zero-order valence-electron chi connectivity index (χ0n) is 7.81. The summed E-state index contributed by atoms with van der Waals surface area (Å²) in [5, 5.41) is 8.68. The van der Waals surface area contributed by atoms with Gasteiger partial charge in [-0.15, -0.1) is 0 Å². The van der Waals surface area contributed by atoms with E-state index in [9.17, 15) is 4.79 Å². The van der Waals surface area contributed by atoms with Crippen LogP contribution >= 0.6 is 0 Å². The number of nitrogens with zero attached hydrogens (tertiary/aromatic N) is 2. The predicted molar refractivity (Wildman–Crippen MR) is 53.4 cm³/mol. The van der Waals surface area contributed by atoms with Crippen LogP contribution in [-0.2, 0) is 4.79 Å². The largest absolute Gasteiger partial charge is 0.481 e. The molecule has 0 atom stereocenters. The number of allylic oxidation sites excluding steroid dienone is 2. The van der Waals surface area contributed by atoms with Crippen molar-refractivity contribution in [1.82, 2.24) is 4.90 Å². The first kappa shape index (κ1) is 8.99. The Labute approximate surface area is 82.2 Å². The monoisotopic (exact) mass is 192 g/mol. The van der Waals surface area contributed by atoms with Gasteiger partial charge < -0.3 is 10.0 Å². The molecule has 0 amide bonds. The summed E-state index contributed by atoms with van der Waals surface area (Å²) < 4.78 is 0. The second-order valence-corrected chi connectivity index (χ2v) is 3.42. The molecule has 1 N–H and O–H groups in total. The minimum atomic E-state index is -0.774. The Morgan fingerprint density at radius 2 is 2.50 bits per heavy atom. The number of aliphatic carboxylic acids is 1. The molecule has 0 unspecified atom stereocenters. The highest BCUT2D eigenvalue weighted by Gasteiger charge is 2.18. The molecule has 0 radical (unpaired) electrons. The van der Waals surface area contributed by atoms with Crippen molar-refractivity contribution >= 4 is 11.8 Å². The van der Waals surface area contributed by atoms with Gasteiger partial charge >= 0.3 is 5.97 Å². The maximum atomic E-state index is 10.6. The van der Waals surface area contributed by atoms with Gasteiger partial charge in [0.2, 0.25) is 0 Å². The second-order valence-electron chi connectivity index (χ2n) is 3.42. The molecular formula is C10H12N2O2. The molecule has 0 spiro atoms. The maximum absolute atomic E-state index is 10.6. The van der Waals surface area contributed by atoms with Crippen LogP contribution in [0, 0.1) is 0 Å². The van der Waals surface area contributed by atoms with Crippen LogP contribution in [0.3, 0.4) is 0 Å². The molecule has 2 aliphatic heterocycles. The molecule has 2 aliphatic rings. The molecule has 14 heavy (non-hydrogen) atoms. The number of carbonyl (C=O) groups is 1. The third-order valence-corrected chi connectivity index (χ3v) is 2.32. The number of hydrogen-bond acceptors (Lipinski definition) is 3. The summed E-state index contributed by atoms with van der Waals surface area (Å²) in [6.45, 7) is 2.41. The molecule has 2 heterocycles. The van der Waals surface area contributed by atoms with Crippen molar-refractivity contribution in [2.45, 2.75) is 6.42 Å². The summed E-state index contributed by atoms with van der Waals surface area (Å²) in [6.07, 6.45) is 5.80. The van der Waals surface area contributed by atoms with Gasteiger partial charge in [0, 0.05) is 13.1 Å². The lowest BCUT2D eigenvalue weighted by atomic mass is 10.1. The summed E-state index contributed by atoms with van der Waals surface area (Å²) in [4.78, 5) is 17.0. The molecule has 74 valence electrons. The highest BCUT2D eigenvalue weighted by atomic mass is 16.4. The molecule has 4 heteroatoms. The number of hydrogen-bond donors (Lipinski definition) is 1. The summed E-state index contributed by atoms with van der Waals surface area (Å²) in [6, 6.07) is 0. The SMILES string of the molecule is O=C(O)CC1=CC=CC2=NCCN2C1. The van der Waals surface area contributed by atoms with Crippen molar-refractivity contribution in [2.75, 3.05) is 19.6 Å². The number of rotatable bonds is 2. The lowest BCUT2D eigenvalue weighted by Gasteiger charge is -2.17. The number of aliphatic imine (C=N–C) groups is 1. The van der Waals surface area contributed by atoms with Gasteiger partial charge in [-0.05, 0) is 11.6 Å². The molecule has 0 saturated carbocycles. The first-order valence-corrected chi connectivity index (χ1v) is 4.63. The Kier molecular flexibility index (Phi) is 2.35. The zero-order valence-corrected chi connectivity index (χ0v) is 7.81. The van der Waals surface area contributed by atoms with Crippen molar-refractivity contribution in [3.8, 4) is 0 Å². The first-order valence-electron chi connectivity index (χ1n) is 4.63. The van der Waals surface area contributed by atoms with Gasteiger partial charge in [0.05, 0.1) is 13.0 Å². The predicted octanol–water partition coefficient (Wildman–Crippen LogP) is 0.671. The van der Waals surface area contributed by atoms with Crippen LogP contribution in [0.1, 0.15) is 6.42 Å². The smallest absolute Gasteiger partial charge is 0.307 e. The van der Waals surface area contributed by atoms with Crippen molar-refractivity contribution in [3.63, 3.8) is 0 Å². The second kappa shape index (κ2) is 3.65. The van der Waals surface area contributed by atoms with Gasteiger partial charge in [-0.1, -0.05) is 12.2 Å². The highest BCUT2D eigenvalue weighted by Crippen LogP contribution is 2.13. The normalized spacial score (nSPS) is 19.9. The summed E-state index contributed by atoms with van der Waals surface area (Å²) in [5.74, 6) is 0.200. The van der Waals surface area contributed by atoms with E-state index in [-0.39, 0.29) is 6.42 Å². The Morgan fingerprint density at radius 1 is 1.64 bits per heavy atom. The van der Waals surface area contributed by atoms with E-state index in [0.29, 0.717) is 6.54 Å². The molecule has 0 aromatic carbocycles. The minimum absolute atomic E-state index is 0.119. The fourth-order valence-electron chi connectivity index (χ4n) is 1.70. The van der Waals surface area contributed by atoms with Crippen LogP contribution in [0.4, 0.5) is 0 Å².